The smallest absolute Gasteiger partial charge is 0.187 e. The zero-order valence-electron chi connectivity index (χ0n) is 41.1. The van der Waals surface area contributed by atoms with Gasteiger partial charge in [0.1, 0.15) is 0 Å². The van der Waals surface area contributed by atoms with Gasteiger partial charge in [-0.25, -0.2) is 4.85 Å². The summed E-state index contributed by atoms with van der Waals surface area (Å²) in [6, 6.07) is 81.1. The molecule has 342 valence electrons. The minimum Gasteiger partial charge on any atom is -0.311 e. The molecule has 0 heterocycles. The molecule has 0 amide bonds. The van der Waals surface area contributed by atoms with Crippen molar-refractivity contribution in [2.75, 3.05) is 9.80 Å². The zero-order chi connectivity index (χ0) is 49.1. The van der Waals surface area contributed by atoms with Crippen LogP contribution in [-0.2, 0) is 16.2 Å². The monoisotopic (exact) mass is 914 g/mol. The highest BCUT2D eigenvalue weighted by Crippen LogP contribution is 2.61. The number of hydrogen-bond acceptors (Lipinski definition) is 3. The van der Waals surface area contributed by atoms with E-state index in [1.807, 2.05) is 24.3 Å². The largest absolute Gasteiger partial charge is 0.311 e. The molecule has 0 saturated heterocycles. The van der Waals surface area contributed by atoms with E-state index >= 15 is 0 Å². The van der Waals surface area contributed by atoms with Crippen LogP contribution in [0.4, 0.5) is 39.8 Å². The molecule has 0 bridgehead atoms. The van der Waals surface area contributed by atoms with E-state index < -0.39 is 5.41 Å². The Morgan fingerprint density at radius 2 is 0.873 bits per heavy atom. The molecule has 0 fully saturated rings. The second kappa shape index (κ2) is 17.4. The summed E-state index contributed by atoms with van der Waals surface area (Å²) in [5.41, 5.74) is 16.4. The first-order valence-corrected chi connectivity index (χ1v) is 24.4. The highest BCUT2D eigenvalue weighted by molar-refractivity contribution is 6.20. The molecule has 1 aliphatic rings. The first-order valence-electron chi connectivity index (χ1n) is 24.4. The highest BCUT2D eigenvalue weighted by atomic mass is 15.1. The van der Waals surface area contributed by atoms with Crippen LogP contribution >= 0.6 is 0 Å². The van der Waals surface area contributed by atoms with Gasteiger partial charge in [-0.2, -0.15) is 5.26 Å². The molecular formula is C67H54N4. The molecule has 0 unspecified atom stereocenters. The van der Waals surface area contributed by atoms with E-state index in [9.17, 15) is 5.26 Å². The van der Waals surface area contributed by atoms with E-state index in [1.165, 1.54) is 60.7 Å². The molecule has 0 atom stereocenters. The fraction of sp³-hybridized carbons (Fsp3) is 0.134. The molecule has 0 aliphatic heterocycles. The van der Waals surface area contributed by atoms with E-state index in [0.717, 1.165) is 39.5 Å². The minimum atomic E-state index is -0.739. The van der Waals surface area contributed by atoms with Gasteiger partial charge in [-0.15, -0.1) is 0 Å². The van der Waals surface area contributed by atoms with E-state index in [4.69, 9.17) is 6.57 Å². The predicted octanol–water partition coefficient (Wildman–Crippen LogP) is 18.3. The van der Waals surface area contributed by atoms with Crippen molar-refractivity contribution < 1.29 is 0 Å². The Hall–Kier alpha value is -8.70. The van der Waals surface area contributed by atoms with Gasteiger partial charge in [-0.3, -0.25) is 0 Å². The zero-order valence-corrected chi connectivity index (χ0v) is 41.1. The molecule has 4 nitrogen and oxygen atoms in total. The van der Waals surface area contributed by atoms with Crippen molar-refractivity contribution >= 4 is 61.4 Å². The van der Waals surface area contributed by atoms with Crippen LogP contribution in [0.15, 0.2) is 218 Å². The van der Waals surface area contributed by atoms with Crippen molar-refractivity contribution in [3.63, 3.8) is 0 Å². The van der Waals surface area contributed by atoms with Gasteiger partial charge < -0.3 is 9.80 Å². The van der Waals surface area contributed by atoms with Gasteiger partial charge in [0, 0.05) is 34.1 Å². The second-order valence-electron chi connectivity index (χ2n) is 20.8. The van der Waals surface area contributed by atoms with Crippen molar-refractivity contribution in [3.8, 4) is 17.2 Å². The summed E-state index contributed by atoms with van der Waals surface area (Å²) in [4.78, 5) is 8.37. The molecule has 0 saturated carbocycles. The third kappa shape index (κ3) is 7.61. The number of anilines is 6. The molecule has 0 N–H and O–H groups in total. The predicted molar refractivity (Wildman–Crippen MR) is 297 cm³/mol. The standard InChI is InChI=1S/C67H54N4/c1-65(2,3)46-24-32-52(33-25-46)70(54-36-28-50(69-7)29-37-54)55-38-40-59-61(42-55)57-20-14-15-21-58(57)63-60-41-39-56(43-62(60)67(64(59)63,48-16-10-8-11-17-48)49-18-12-9-13-19-49)71(51-30-22-45(44-68)23-31-51)53-34-26-47(27-35-53)66(4,5)6/h8-43H,1-6H3. The van der Waals surface area contributed by atoms with E-state index in [2.05, 4.69) is 256 Å². The number of nitrogens with zero attached hydrogens (tertiary/aromatic N) is 4. The fourth-order valence-electron chi connectivity index (χ4n) is 10.9. The molecule has 71 heavy (non-hydrogen) atoms. The van der Waals surface area contributed by atoms with Gasteiger partial charge in [0.15, 0.2) is 5.69 Å². The summed E-state index contributed by atoms with van der Waals surface area (Å²) in [6.45, 7) is 21.2. The lowest BCUT2D eigenvalue weighted by Crippen LogP contribution is -2.29. The van der Waals surface area contributed by atoms with Crippen LogP contribution in [0.5, 0.6) is 0 Å². The van der Waals surface area contributed by atoms with Gasteiger partial charge in [0.05, 0.1) is 23.6 Å². The molecule has 1 aliphatic carbocycles. The molecule has 4 heteroatoms. The third-order valence-corrected chi connectivity index (χ3v) is 14.5. The minimum absolute atomic E-state index is 0.00481. The van der Waals surface area contributed by atoms with Crippen LogP contribution in [0.3, 0.4) is 0 Å². The van der Waals surface area contributed by atoms with Gasteiger partial charge in [0.25, 0.3) is 0 Å². The van der Waals surface area contributed by atoms with Crippen molar-refractivity contribution in [3.05, 3.63) is 269 Å². The molecule has 0 aromatic heterocycles. The first-order chi connectivity index (χ1) is 34.4. The molecular weight excluding hydrogens is 861 g/mol. The molecule has 10 aromatic rings. The van der Waals surface area contributed by atoms with E-state index in [1.54, 1.807) is 0 Å². The lowest BCUT2D eigenvalue weighted by atomic mass is 9.66. The summed E-state index contributed by atoms with van der Waals surface area (Å²) >= 11 is 0. The highest BCUT2D eigenvalue weighted by Gasteiger charge is 2.48. The maximum atomic E-state index is 9.85. The Balaban J connectivity index is 1.21. The Kier molecular flexibility index (Phi) is 11.0. The van der Waals surface area contributed by atoms with Crippen LogP contribution in [0.1, 0.15) is 80.5 Å². The molecule has 0 spiro atoms. The number of hydrogen-bond donors (Lipinski definition) is 0. The quantitative estimate of drug-likeness (QED) is 0.113. The summed E-state index contributed by atoms with van der Waals surface area (Å²) < 4.78 is 0. The normalized spacial score (nSPS) is 12.7. The topological polar surface area (TPSA) is 34.6 Å². The van der Waals surface area contributed by atoms with Crippen molar-refractivity contribution in [1.29, 1.82) is 5.26 Å². The first kappa shape index (κ1) is 44.8. The number of fused-ring (bicyclic) bond motifs is 8. The van der Waals surface area contributed by atoms with Gasteiger partial charge >= 0.3 is 0 Å². The average Bonchev–Trinajstić information content (AvgIpc) is 3.71. The van der Waals surface area contributed by atoms with E-state index in [-0.39, 0.29) is 10.8 Å². The fourth-order valence-corrected chi connectivity index (χ4v) is 10.9. The summed E-state index contributed by atoms with van der Waals surface area (Å²) in [7, 11) is 0. The maximum Gasteiger partial charge on any atom is 0.187 e. The van der Waals surface area contributed by atoms with Crippen molar-refractivity contribution in [2.24, 2.45) is 0 Å². The van der Waals surface area contributed by atoms with Crippen LogP contribution in [0.25, 0.3) is 37.5 Å². The lowest BCUT2D eigenvalue weighted by molar-refractivity contribution is 0.590. The Morgan fingerprint density at radius 3 is 1.37 bits per heavy atom. The summed E-state index contributed by atoms with van der Waals surface area (Å²) in [6.07, 6.45) is 0. The van der Waals surface area contributed by atoms with Crippen LogP contribution < -0.4 is 9.80 Å². The Bertz CT molecular complexity index is 3660. The number of benzene rings is 10. The molecule has 0 radical (unpaired) electrons. The van der Waals surface area contributed by atoms with Gasteiger partial charge in [-0.05, 0) is 162 Å². The number of nitriles is 1. The Labute approximate surface area is 418 Å². The molecule has 10 aromatic carbocycles. The average molecular weight is 915 g/mol. The van der Waals surface area contributed by atoms with Gasteiger partial charge in [0.2, 0.25) is 0 Å². The third-order valence-electron chi connectivity index (χ3n) is 14.5. The maximum absolute atomic E-state index is 9.85. The van der Waals surface area contributed by atoms with Crippen LogP contribution in [-0.4, -0.2) is 0 Å². The summed E-state index contributed by atoms with van der Waals surface area (Å²) in [5.74, 6) is 0. The van der Waals surface area contributed by atoms with Gasteiger partial charge in [-0.1, -0.05) is 175 Å². The van der Waals surface area contributed by atoms with Crippen LogP contribution in [0, 0.1) is 17.9 Å². The van der Waals surface area contributed by atoms with E-state index in [0.29, 0.717) is 11.3 Å². The second-order valence-corrected chi connectivity index (χ2v) is 20.8. The van der Waals surface area contributed by atoms with Crippen LogP contribution in [0.2, 0.25) is 0 Å². The Morgan fingerprint density at radius 1 is 0.437 bits per heavy atom. The number of rotatable bonds is 8. The van der Waals surface area contributed by atoms with Crippen molar-refractivity contribution in [2.45, 2.75) is 57.8 Å². The SMILES string of the molecule is [C-]#[N+]c1ccc(N(c2ccc(C(C)(C)C)cc2)c2ccc3c4c(c5ccccc5c3c2)-c2ccc(N(c3ccc(C#N)cc3)c3ccc(C(C)(C)C)cc3)cc2C4(c2ccccc2)c2ccccc2)cc1. The van der Waals surface area contributed by atoms with Crippen molar-refractivity contribution in [1.82, 2.24) is 0 Å². The summed E-state index contributed by atoms with van der Waals surface area (Å²) in [5, 5.41) is 14.6. The lowest BCUT2D eigenvalue weighted by Gasteiger charge is -2.36. The molecule has 11 rings (SSSR count).